The van der Waals surface area contributed by atoms with Gasteiger partial charge in [0.25, 0.3) is 0 Å². The minimum Gasteiger partial charge on any atom is -0.408 e. The van der Waals surface area contributed by atoms with E-state index in [0.717, 1.165) is 68.6 Å². The molecule has 1 N–H and O–H groups in total. The standard InChI is InChI=1S/C25H28Cl2N4O3/c1-29-21-6-4-17(12-22(21)34-24(29)33)13-28-23(32)31-9-2-7-25(16-31)8-10-30(15-25)14-18-3-5-19(26)20(27)11-18/h3-6,11-12H,2,7-10,13-16H2,1H3,(H,28,32). The normalized spacial score (nSPS) is 21.0. The minimum atomic E-state index is -0.389. The van der Waals surface area contributed by atoms with E-state index in [2.05, 4.69) is 10.2 Å². The van der Waals surface area contributed by atoms with Gasteiger partial charge in [-0.05, 0) is 61.2 Å². The monoisotopic (exact) mass is 502 g/mol. The van der Waals surface area contributed by atoms with Gasteiger partial charge in [0.15, 0.2) is 5.58 Å². The summed E-state index contributed by atoms with van der Waals surface area (Å²) in [6.07, 6.45) is 3.23. The van der Waals surface area contributed by atoms with Crippen LogP contribution in [0.5, 0.6) is 0 Å². The zero-order valence-corrected chi connectivity index (χ0v) is 20.7. The number of piperidine rings is 1. The molecule has 1 spiro atoms. The first kappa shape index (κ1) is 23.3. The molecule has 1 aromatic heterocycles. The van der Waals surface area contributed by atoms with Gasteiger partial charge in [-0.2, -0.15) is 0 Å². The molecule has 9 heteroatoms. The number of nitrogens with one attached hydrogen (secondary N) is 1. The second-order valence-corrected chi connectivity index (χ2v) is 10.4. The lowest BCUT2D eigenvalue weighted by molar-refractivity contribution is 0.107. The van der Waals surface area contributed by atoms with Gasteiger partial charge < -0.3 is 14.6 Å². The van der Waals surface area contributed by atoms with E-state index < -0.39 is 0 Å². The van der Waals surface area contributed by atoms with Gasteiger partial charge in [-0.1, -0.05) is 35.3 Å². The van der Waals surface area contributed by atoms with Crippen LogP contribution in [-0.4, -0.2) is 46.6 Å². The maximum absolute atomic E-state index is 13.0. The highest BCUT2D eigenvalue weighted by Crippen LogP contribution is 2.39. The third-order valence-electron chi connectivity index (χ3n) is 7.16. The van der Waals surface area contributed by atoms with E-state index in [0.29, 0.717) is 22.2 Å². The van der Waals surface area contributed by atoms with Gasteiger partial charge in [-0.3, -0.25) is 9.47 Å². The summed E-state index contributed by atoms with van der Waals surface area (Å²) in [6.45, 7) is 4.75. The number of carbonyl (C=O) groups is 1. The van der Waals surface area contributed by atoms with Crippen molar-refractivity contribution in [3.05, 3.63) is 68.1 Å². The molecule has 0 saturated carbocycles. The fourth-order valence-electron chi connectivity index (χ4n) is 5.35. The Labute approximate surface area is 208 Å². The van der Waals surface area contributed by atoms with Crippen LogP contribution in [0.2, 0.25) is 10.0 Å². The van der Waals surface area contributed by atoms with Crippen molar-refractivity contribution >= 4 is 40.3 Å². The van der Waals surface area contributed by atoms with Crippen LogP contribution in [-0.2, 0) is 20.1 Å². The SMILES string of the molecule is Cn1c(=O)oc2cc(CNC(=O)N3CCCC4(CCN(Cc5ccc(Cl)c(Cl)c5)C4)C3)ccc21. The van der Waals surface area contributed by atoms with E-state index in [1.807, 2.05) is 41.3 Å². The maximum atomic E-state index is 13.0. The number of amides is 2. The highest BCUT2D eigenvalue weighted by molar-refractivity contribution is 6.42. The van der Waals surface area contributed by atoms with E-state index >= 15 is 0 Å². The molecule has 2 aromatic carbocycles. The van der Waals surface area contributed by atoms with Gasteiger partial charge in [-0.15, -0.1) is 0 Å². The van der Waals surface area contributed by atoms with E-state index in [1.165, 1.54) is 4.57 Å². The Morgan fingerprint density at radius 2 is 1.88 bits per heavy atom. The van der Waals surface area contributed by atoms with Crippen molar-refractivity contribution in [1.29, 1.82) is 0 Å². The van der Waals surface area contributed by atoms with Crippen molar-refractivity contribution in [1.82, 2.24) is 19.7 Å². The van der Waals surface area contributed by atoms with Crippen molar-refractivity contribution in [2.75, 3.05) is 26.2 Å². The highest BCUT2D eigenvalue weighted by atomic mass is 35.5. The number of halogens is 2. The highest BCUT2D eigenvalue weighted by Gasteiger charge is 2.42. The van der Waals surface area contributed by atoms with Crippen LogP contribution in [0.4, 0.5) is 4.79 Å². The largest absolute Gasteiger partial charge is 0.419 e. The van der Waals surface area contributed by atoms with Crippen LogP contribution in [0.3, 0.4) is 0 Å². The van der Waals surface area contributed by atoms with E-state index in [9.17, 15) is 9.59 Å². The first-order valence-electron chi connectivity index (χ1n) is 11.6. The Kier molecular flexibility index (Phi) is 6.35. The van der Waals surface area contributed by atoms with Crippen LogP contribution in [0.15, 0.2) is 45.6 Å². The molecular weight excluding hydrogens is 475 g/mol. The average molecular weight is 503 g/mol. The lowest BCUT2D eigenvalue weighted by Crippen LogP contribution is -2.50. The summed E-state index contributed by atoms with van der Waals surface area (Å²) < 4.78 is 6.73. The number of aromatic nitrogens is 1. The Morgan fingerprint density at radius 3 is 2.71 bits per heavy atom. The number of nitrogens with zero attached hydrogens (tertiary/aromatic N) is 3. The molecule has 2 saturated heterocycles. The first-order chi connectivity index (χ1) is 16.3. The van der Waals surface area contributed by atoms with Crippen molar-refractivity contribution < 1.29 is 9.21 Å². The molecule has 2 amide bonds. The zero-order chi connectivity index (χ0) is 23.9. The number of hydrogen-bond acceptors (Lipinski definition) is 4. The molecule has 2 aliphatic heterocycles. The van der Waals surface area contributed by atoms with E-state index in [1.54, 1.807) is 7.05 Å². The van der Waals surface area contributed by atoms with E-state index in [4.69, 9.17) is 27.6 Å². The molecule has 2 aliphatic rings. The topological polar surface area (TPSA) is 70.7 Å². The lowest BCUT2D eigenvalue weighted by atomic mass is 9.79. The molecule has 1 unspecified atom stereocenters. The summed E-state index contributed by atoms with van der Waals surface area (Å²) >= 11 is 12.2. The third kappa shape index (κ3) is 4.69. The Morgan fingerprint density at radius 1 is 1.06 bits per heavy atom. The predicted octanol–water partition coefficient (Wildman–Crippen LogP) is 4.64. The van der Waals surface area contributed by atoms with Crippen molar-refractivity contribution in [2.45, 2.75) is 32.4 Å². The summed E-state index contributed by atoms with van der Waals surface area (Å²) in [5.41, 5.74) is 3.46. The van der Waals surface area contributed by atoms with Crippen molar-refractivity contribution in [3.63, 3.8) is 0 Å². The number of aryl methyl sites for hydroxylation is 1. The van der Waals surface area contributed by atoms with Crippen LogP contribution >= 0.6 is 23.2 Å². The smallest absolute Gasteiger partial charge is 0.408 e. The molecule has 3 aromatic rings. The van der Waals surface area contributed by atoms with Gasteiger partial charge in [0, 0.05) is 45.2 Å². The molecular formula is C25H28Cl2N4O3. The number of fused-ring (bicyclic) bond motifs is 1. The maximum Gasteiger partial charge on any atom is 0.419 e. The first-order valence-corrected chi connectivity index (χ1v) is 12.4. The zero-order valence-electron chi connectivity index (χ0n) is 19.2. The molecule has 34 heavy (non-hydrogen) atoms. The van der Waals surface area contributed by atoms with Crippen molar-refractivity contribution in [2.24, 2.45) is 12.5 Å². The average Bonchev–Trinajstić information content (AvgIpc) is 3.33. The second kappa shape index (κ2) is 9.29. The summed E-state index contributed by atoms with van der Waals surface area (Å²) in [7, 11) is 1.68. The molecule has 1 atom stereocenters. The fourth-order valence-corrected chi connectivity index (χ4v) is 5.67. The van der Waals surface area contributed by atoms with Gasteiger partial charge in [0.05, 0.1) is 15.6 Å². The number of oxazole rings is 1. The molecule has 0 bridgehead atoms. The van der Waals surface area contributed by atoms with E-state index in [-0.39, 0.29) is 17.2 Å². The molecule has 0 radical (unpaired) electrons. The van der Waals surface area contributed by atoms with Crippen LogP contribution in [0.1, 0.15) is 30.4 Å². The number of benzene rings is 2. The number of carbonyl (C=O) groups excluding carboxylic acids is 1. The fraction of sp³-hybridized carbons (Fsp3) is 0.440. The van der Waals surface area contributed by atoms with Crippen LogP contribution in [0.25, 0.3) is 11.1 Å². The van der Waals surface area contributed by atoms with Gasteiger partial charge in [0.1, 0.15) is 0 Å². The molecule has 0 aliphatic carbocycles. The number of urea groups is 1. The summed E-state index contributed by atoms with van der Waals surface area (Å²) in [5, 5.41) is 4.20. The number of rotatable bonds is 4. The molecule has 3 heterocycles. The second-order valence-electron chi connectivity index (χ2n) is 9.62. The molecule has 5 rings (SSSR count). The van der Waals surface area contributed by atoms with Crippen LogP contribution in [0, 0.1) is 5.41 Å². The molecule has 2 fully saturated rings. The van der Waals surface area contributed by atoms with Gasteiger partial charge in [0.2, 0.25) is 0 Å². The third-order valence-corrected chi connectivity index (χ3v) is 7.90. The summed E-state index contributed by atoms with van der Waals surface area (Å²) in [5.74, 6) is -0.389. The van der Waals surface area contributed by atoms with Crippen molar-refractivity contribution in [3.8, 4) is 0 Å². The van der Waals surface area contributed by atoms with Gasteiger partial charge >= 0.3 is 11.8 Å². The number of likely N-dealkylation sites (tertiary alicyclic amines) is 2. The molecule has 180 valence electrons. The Balaban J connectivity index is 1.18. The molecule has 7 nitrogen and oxygen atoms in total. The predicted molar refractivity (Wildman–Crippen MR) is 133 cm³/mol. The quantitative estimate of drug-likeness (QED) is 0.564. The minimum absolute atomic E-state index is 0.0448. The summed E-state index contributed by atoms with van der Waals surface area (Å²) in [4.78, 5) is 29.1. The Hall–Kier alpha value is -2.48. The Bertz CT molecular complexity index is 1290. The van der Waals surface area contributed by atoms with Gasteiger partial charge in [-0.25, -0.2) is 9.59 Å². The number of hydrogen-bond donors (Lipinski definition) is 1. The lowest BCUT2D eigenvalue weighted by Gasteiger charge is -2.40. The van der Waals surface area contributed by atoms with Crippen LogP contribution < -0.4 is 11.1 Å². The summed E-state index contributed by atoms with van der Waals surface area (Å²) in [6, 6.07) is 11.3.